The quantitative estimate of drug-likeness (QED) is 0.107. The summed E-state index contributed by atoms with van der Waals surface area (Å²) in [6.07, 6.45) is 3.83. The van der Waals surface area contributed by atoms with E-state index in [2.05, 4.69) is 240 Å². The van der Waals surface area contributed by atoms with E-state index >= 15 is 0 Å². The van der Waals surface area contributed by atoms with Gasteiger partial charge in [-0.05, 0) is 120 Å². The molecule has 79 heavy (non-hydrogen) atoms. The fourth-order valence-corrected chi connectivity index (χ4v) is 11.9. The van der Waals surface area contributed by atoms with Crippen LogP contribution >= 0.6 is 0 Å². The minimum absolute atomic E-state index is 0. The Morgan fingerprint density at radius 1 is 0.570 bits per heavy atom. The van der Waals surface area contributed by atoms with Gasteiger partial charge < -0.3 is 9.30 Å². The molecule has 13 rings (SSSR count). The van der Waals surface area contributed by atoms with E-state index in [1.54, 1.807) is 12.3 Å². The van der Waals surface area contributed by atoms with E-state index in [1.165, 1.54) is 22.3 Å². The number of hydrogen-bond donors (Lipinski definition) is 0. The van der Waals surface area contributed by atoms with E-state index in [0.717, 1.165) is 90.8 Å². The molecule has 6 heteroatoms. The number of rotatable bonds is 9. The van der Waals surface area contributed by atoms with E-state index in [0.29, 0.717) is 22.9 Å². The smallest absolute Gasteiger partial charge is 0.509 e. The number of hydrogen-bond acceptors (Lipinski definition) is 2. The number of aryl methyl sites for hydroxylation is 1. The third-order valence-corrected chi connectivity index (χ3v) is 16.2. The number of para-hydroxylation sites is 3. The number of benzene rings is 9. The third-order valence-electron chi connectivity index (χ3n) is 16.2. The Morgan fingerprint density at radius 3 is 1.90 bits per heavy atom. The van der Waals surface area contributed by atoms with Crippen LogP contribution in [0.2, 0.25) is 0 Å². The number of fused-ring (bicyclic) bond motifs is 5. The van der Waals surface area contributed by atoms with Gasteiger partial charge in [0.25, 0.3) is 11.4 Å². The standard InChI is InChI=1S/C73H62N4O.Pt/c1-48-42-68(74-46-62(48)60-28-19-29-63-69(60)73(7,8)41-40-72(63,5)6)77-64-39-36-53(71(2,3)4)43-61(64)59-38-37-56(45-67(59)77)78-55-25-17-24-54(44-55)75-47-76(66-31-16-15-30-65(66)75)70-57(51-22-13-10-14-23-51)26-18-27-58(70)52-34-32-50(33-35-52)49-20-11-9-12-21-49;/h9-39,42-43,46H,40-41H2,1-8H3;/q;+2/i1D3;. The minimum Gasteiger partial charge on any atom is -0.509 e. The molecule has 3 heterocycles. The topological polar surface area (TPSA) is 33.1 Å². The van der Waals surface area contributed by atoms with Crippen molar-refractivity contribution in [2.24, 2.45) is 0 Å². The van der Waals surface area contributed by atoms with Crippen LogP contribution < -0.4 is 13.9 Å². The fourth-order valence-electron chi connectivity index (χ4n) is 11.9. The van der Waals surface area contributed by atoms with Gasteiger partial charge in [0.2, 0.25) is 5.69 Å². The molecule has 0 saturated carbocycles. The van der Waals surface area contributed by atoms with Crippen LogP contribution in [-0.4, -0.2) is 15.6 Å². The molecule has 0 atom stereocenters. The molecule has 1 aliphatic carbocycles. The van der Waals surface area contributed by atoms with Crippen molar-refractivity contribution in [2.45, 2.75) is 84.4 Å². The van der Waals surface area contributed by atoms with Crippen molar-refractivity contribution in [3.63, 3.8) is 0 Å². The zero-order valence-corrected chi connectivity index (χ0v) is 47.8. The molecule has 0 fully saturated rings. The van der Waals surface area contributed by atoms with Crippen LogP contribution in [0.25, 0.3) is 72.1 Å². The van der Waals surface area contributed by atoms with Crippen LogP contribution in [0.1, 0.15) is 87.7 Å². The van der Waals surface area contributed by atoms with E-state index in [1.807, 2.05) is 34.9 Å². The zero-order valence-electron chi connectivity index (χ0n) is 48.6. The van der Waals surface area contributed by atoms with Gasteiger partial charge in [-0.25, -0.2) is 4.98 Å². The van der Waals surface area contributed by atoms with Crippen LogP contribution in [0.4, 0.5) is 22.7 Å². The summed E-state index contributed by atoms with van der Waals surface area (Å²) in [7, 11) is 0. The van der Waals surface area contributed by atoms with Crippen molar-refractivity contribution in [1.29, 1.82) is 0 Å². The maximum absolute atomic E-state index is 9.03. The molecule has 2 aliphatic rings. The van der Waals surface area contributed by atoms with Crippen molar-refractivity contribution >= 4 is 50.6 Å². The first kappa shape index (κ1) is 48.0. The van der Waals surface area contributed by atoms with Crippen molar-refractivity contribution in [2.75, 3.05) is 0 Å². The largest absolute Gasteiger partial charge is 2.00 e. The molecular weight excluding hydrogens is 1140 g/mol. The first-order valence-electron chi connectivity index (χ1n) is 28.6. The first-order valence-corrected chi connectivity index (χ1v) is 27.1. The van der Waals surface area contributed by atoms with Crippen LogP contribution in [-0.2, 0) is 37.3 Å². The first-order chi connectivity index (χ1) is 38.9. The molecule has 0 bridgehead atoms. The molecule has 9 aromatic carbocycles. The SMILES string of the molecule is [2H]C([2H])([2H])c1cc(-n2c3[c-]c(Oc4[c-]c([N+]5=C=[N+](c6c(-c7ccccc7)cccc6-c6ccc(-c7ccccc7)cc6)c6ccccc65)ccc4)ccc3c3cc(C(C)(C)C)ccc32)ncc1-c1cccc2c1C(C)(C)CCC2(C)C.[Pt+2]. The van der Waals surface area contributed by atoms with Crippen molar-refractivity contribution < 1.29 is 29.9 Å². The summed E-state index contributed by atoms with van der Waals surface area (Å²) < 4.78 is 40.2. The van der Waals surface area contributed by atoms with E-state index in [4.69, 9.17) is 13.8 Å². The molecule has 11 aromatic rings. The van der Waals surface area contributed by atoms with Gasteiger partial charge >= 0.3 is 27.1 Å². The Morgan fingerprint density at radius 2 is 1.18 bits per heavy atom. The van der Waals surface area contributed by atoms with Crippen LogP contribution in [0.3, 0.4) is 0 Å². The predicted octanol–water partition coefficient (Wildman–Crippen LogP) is 19.0. The van der Waals surface area contributed by atoms with Gasteiger partial charge in [0.15, 0.2) is 0 Å². The summed E-state index contributed by atoms with van der Waals surface area (Å²) in [6, 6.07) is 80.3. The predicted molar refractivity (Wildman–Crippen MR) is 324 cm³/mol. The molecule has 0 spiro atoms. The Hall–Kier alpha value is -8.20. The van der Waals surface area contributed by atoms with Gasteiger partial charge in [0, 0.05) is 45.0 Å². The summed E-state index contributed by atoms with van der Waals surface area (Å²) in [5.41, 5.74) is 17.1. The summed E-state index contributed by atoms with van der Waals surface area (Å²) in [6.45, 7) is 13.3. The average molecular weight is 1210 g/mol. The van der Waals surface area contributed by atoms with Crippen LogP contribution in [0.5, 0.6) is 11.5 Å². The molecule has 5 nitrogen and oxygen atoms in total. The van der Waals surface area contributed by atoms with Crippen LogP contribution in [0, 0.1) is 19.0 Å². The Balaban J connectivity index is 0.00000665. The molecule has 0 N–H and O–H groups in total. The van der Waals surface area contributed by atoms with E-state index in [9.17, 15) is 0 Å². The number of aromatic nitrogens is 2. The summed E-state index contributed by atoms with van der Waals surface area (Å²) >= 11 is 0. The molecule has 0 amide bonds. The summed E-state index contributed by atoms with van der Waals surface area (Å²) in [5.74, 6) is 1.46. The second-order valence-electron chi connectivity index (χ2n) is 23.3. The second kappa shape index (κ2) is 19.9. The fraction of sp³-hybridized carbons (Fsp3) is 0.178. The monoisotopic (exact) mass is 1210 g/mol. The van der Waals surface area contributed by atoms with E-state index < -0.39 is 6.85 Å². The van der Waals surface area contributed by atoms with Crippen molar-refractivity contribution in [3.8, 4) is 61.8 Å². The second-order valence-corrected chi connectivity index (χ2v) is 23.3. The zero-order chi connectivity index (χ0) is 56.0. The van der Waals surface area contributed by atoms with Gasteiger partial charge in [0.1, 0.15) is 11.5 Å². The van der Waals surface area contributed by atoms with Gasteiger partial charge in [-0.15, -0.1) is 23.6 Å². The Bertz CT molecular complexity index is 4370. The molecule has 2 aromatic heterocycles. The minimum atomic E-state index is -2.44. The maximum atomic E-state index is 9.03. The normalized spacial score (nSPS) is 15.0. The maximum Gasteiger partial charge on any atom is 2.00 e. The Kier molecular flexibility index (Phi) is 12.1. The number of pyridine rings is 1. The molecular formula is C73H62N4OPt+2. The third kappa shape index (κ3) is 9.19. The number of ether oxygens (including phenoxy) is 1. The van der Waals surface area contributed by atoms with Crippen LogP contribution in [0.15, 0.2) is 206 Å². The molecule has 388 valence electrons. The molecule has 0 radical (unpaired) electrons. The summed E-state index contributed by atoms with van der Waals surface area (Å²) in [5, 5.41) is 1.96. The van der Waals surface area contributed by atoms with E-state index in [-0.39, 0.29) is 42.9 Å². The Labute approximate surface area is 483 Å². The van der Waals surface area contributed by atoms with Gasteiger partial charge in [-0.2, -0.15) is 12.1 Å². The van der Waals surface area contributed by atoms with Gasteiger partial charge in [-0.3, -0.25) is 0 Å². The average Bonchev–Trinajstić information content (AvgIpc) is 4.06. The van der Waals surface area contributed by atoms with Gasteiger partial charge in [-0.1, -0.05) is 204 Å². The molecule has 0 saturated heterocycles. The molecule has 0 unspecified atom stereocenters. The van der Waals surface area contributed by atoms with Gasteiger partial charge in [0.05, 0.1) is 11.1 Å². The van der Waals surface area contributed by atoms with Crippen molar-refractivity contribution in [3.05, 3.63) is 241 Å². The number of nitrogens with zero attached hydrogens (tertiary/aromatic N) is 4. The molecule has 1 aliphatic heterocycles. The summed E-state index contributed by atoms with van der Waals surface area (Å²) in [4.78, 5) is 5.18. The van der Waals surface area contributed by atoms with Crippen molar-refractivity contribution in [1.82, 2.24) is 18.7 Å².